The molecule has 2 aromatic carbocycles. The minimum atomic E-state index is -0.0157. The smallest absolute Gasteiger partial charge is 0.0637 e. The fraction of sp³-hybridized carbons (Fsp3) is 0.200. The van der Waals surface area contributed by atoms with E-state index in [0.29, 0.717) is 16.6 Å². The number of rotatable bonds is 4. The molecular formula is C15H16Cl2N2. The summed E-state index contributed by atoms with van der Waals surface area (Å²) in [4.78, 5) is 0. The highest BCUT2D eigenvalue weighted by Crippen LogP contribution is 2.25. The van der Waals surface area contributed by atoms with Crippen LogP contribution in [-0.2, 0) is 0 Å². The zero-order valence-electron chi connectivity index (χ0n) is 10.7. The predicted molar refractivity (Wildman–Crippen MR) is 83.1 cm³/mol. The van der Waals surface area contributed by atoms with E-state index in [1.165, 1.54) is 5.56 Å². The van der Waals surface area contributed by atoms with Gasteiger partial charge >= 0.3 is 0 Å². The molecule has 0 spiro atoms. The summed E-state index contributed by atoms with van der Waals surface area (Å²) in [6, 6.07) is 13.6. The summed E-state index contributed by atoms with van der Waals surface area (Å²) in [6.07, 6.45) is 0. The molecule has 19 heavy (non-hydrogen) atoms. The van der Waals surface area contributed by atoms with Crippen molar-refractivity contribution in [2.75, 3.05) is 11.9 Å². The van der Waals surface area contributed by atoms with E-state index < -0.39 is 0 Å². The van der Waals surface area contributed by atoms with Crippen molar-refractivity contribution in [3.05, 3.63) is 63.6 Å². The molecular weight excluding hydrogens is 279 g/mol. The van der Waals surface area contributed by atoms with E-state index in [1.54, 1.807) is 6.07 Å². The normalized spacial score (nSPS) is 12.2. The fourth-order valence-corrected chi connectivity index (χ4v) is 2.53. The maximum Gasteiger partial charge on any atom is 0.0637 e. The minimum Gasteiger partial charge on any atom is -0.377 e. The van der Waals surface area contributed by atoms with Crippen molar-refractivity contribution in [3.8, 4) is 0 Å². The van der Waals surface area contributed by atoms with Crippen molar-refractivity contribution in [2.24, 2.45) is 5.73 Å². The molecule has 0 bridgehead atoms. The Hall–Kier alpha value is -1.22. The van der Waals surface area contributed by atoms with Crippen LogP contribution in [0.2, 0.25) is 10.0 Å². The van der Waals surface area contributed by atoms with Crippen LogP contribution >= 0.6 is 23.2 Å². The first kappa shape index (κ1) is 14.2. The molecule has 0 heterocycles. The van der Waals surface area contributed by atoms with Crippen molar-refractivity contribution >= 4 is 28.9 Å². The molecule has 1 atom stereocenters. The van der Waals surface area contributed by atoms with Crippen LogP contribution in [0.15, 0.2) is 42.5 Å². The molecule has 0 fully saturated rings. The molecule has 0 saturated carbocycles. The monoisotopic (exact) mass is 294 g/mol. The number of hydrogen-bond acceptors (Lipinski definition) is 2. The fourth-order valence-electron chi connectivity index (χ4n) is 1.99. The third kappa shape index (κ3) is 3.87. The average molecular weight is 295 g/mol. The molecule has 0 radical (unpaired) electrons. The van der Waals surface area contributed by atoms with E-state index in [4.69, 9.17) is 28.9 Å². The number of hydrogen-bond donors (Lipinski definition) is 2. The van der Waals surface area contributed by atoms with Gasteiger partial charge in [-0.3, -0.25) is 0 Å². The molecule has 3 N–H and O–H groups in total. The Bertz CT molecular complexity index is 550. The van der Waals surface area contributed by atoms with Crippen molar-refractivity contribution in [1.29, 1.82) is 0 Å². The van der Waals surface area contributed by atoms with Crippen LogP contribution in [-0.4, -0.2) is 6.54 Å². The largest absolute Gasteiger partial charge is 0.377 e. The van der Waals surface area contributed by atoms with Gasteiger partial charge in [-0.05, 0) is 48.4 Å². The van der Waals surface area contributed by atoms with E-state index in [1.807, 2.05) is 24.3 Å². The number of nitrogens with two attached hydrogens (primary N) is 1. The van der Waals surface area contributed by atoms with Gasteiger partial charge in [-0.25, -0.2) is 0 Å². The van der Waals surface area contributed by atoms with Crippen molar-refractivity contribution in [3.63, 3.8) is 0 Å². The molecule has 4 heteroatoms. The first-order chi connectivity index (χ1) is 9.08. The van der Waals surface area contributed by atoms with Crippen LogP contribution in [0, 0.1) is 6.92 Å². The Morgan fingerprint density at radius 2 is 1.79 bits per heavy atom. The minimum absolute atomic E-state index is 0.0157. The van der Waals surface area contributed by atoms with E-state index in [2.05, 4.69) is 24.4 Å². The van der Waals surface area contributed by atoms with Gasteiger partial charge in [-0.2, -0.15) is 0 Å². The van der Waals surface area contributed by atoms with Gasteiger partial charge in [0.15, 0.2) is 0 Å². The summed E-state index contributed by atoms with van der Waals surface area (Å²) < 4.78 is 0. The van der Waals surface area contributed by atoms with E-state index in [-0.39, 0.29) is 6.04 Å². The third-order valence-corrected chi connectivity index (χ3v) is 3.32. The molecule has 2 rings (SSSR count). The quantitative estimate of drug-likeness (QED) is 0.876. The lowest BCUT2D eigenvalue weighted by atomic mass is 10.1. The van der Waals surface area contributed by atoms with Crippen LogP contribution < -0.4 is 11.1 Å². The number of nitrogens with one attached hydrogen (secondary N) is 1. The number of halogens is 2. The molecule has 2 aromatic rings. The van der Waals surface area contributed by atoms with Gasteiger partial charge < -0.3 is 11.1 Å². The molecule has 0 aliphatic carbocycles. The van der Waals surface area contributed by atoms with Gasteiger partial charge in [0.2, 0.25) is 0 Å². The van der Waals surface area contributed by atoms with Crippen molar-refractivity contribution in [2.45, 2.75) is 13.0 Å². The Morgan fingerprint density at radius 3 is 2.37 bits per heavy atom. The maximum atomic E-state index is 6.03. The van der Waals surface area contributed by atoms with Gasteiger partial charge in [0, 0.05) is 22.3 Å². The molecule has 100 valence electrons. The van der Waals surface area contributed by atoms with E-state index in [0.717, 1.165) is 11.3 Å². The second-order valence-electron chi connectivity index (χ2n) is 4.50. The number of benzene rings is 2. The Balaban J connectivity index is 2.24. The first-order valence-electron chi connectivity index (χ1n) is 6.08. The van der Waals surface area contributed by atoms with Gasteiger partial charge in [0.25, 0.3) is 0 Å². The Labute approximate surface area is 123 Å². The van der Waals surface area contributed by atoms with Crippen LogP contribution in [0.3, 0.4) is 0 Å². The van der Waals surface area contributed by atoms with Crippen LogP contribution in [0.1, 0.15) is 17.2 Å². The summed E-state index contributed by atoms with van der Waals surface area (Å²) >= 11 is 12.1. The summed E-state index contributed by atoms with van der Waals surface area (Å²) in [6.45, 7) is 2.52. The van der Waals surface area contributed by atoms with Crippen LogP contribution in [0.25, 0.3) is 0 Å². The molecule has 1 unspecified atom stereocenters. The van der Waals surface area contributed by atoms with Crippen molar-refractivity contribution in [1.82, 2.24) is 0 Å². The Kier molecular flexibility index (Phi) is 4.70. The van der Waals surface area contributed by atoms with Crippen molar-refractivity contribution < 1.29 is 0 Å². The third-order valence-electron chi connectivity index (χ3n) is 2.88. The summed E-state index contributed by atoms with van der Waals surface area (Å²) in [5, 5.41) is 4.63. The molecule has 0 saturated heterocycles. The topological polar surface area (TPSA) is 38.0 Å². The SMILES string of the molecule is Cc1cccc(NC(CN)c2cc(Cl)cc(Cl)c2)c1. The zero-order chi connectivity index (χ0) is 13.8. The highest BCUT2D eigenvalue weighted by molar-refractivity contribution is 6.34. The number of aryl methyl sites for hydroxylation is 1. The van der Waals surface area contributed by atoms with E-state index in [9.17, 15) is 0 Å². The predicted octanol–water partition coefficient (Wildman–Crippen LogP) is 4.41. The van der Waals surface area contributed by atoms with E-state index >= 15 is 0 Å². The average Bonchev–Trinajstić information content (AvgIpc) is 2.34. The van der Waals surface area contributed by atoms with Gasteiger partial charge in [0.1, 0.15) is 0 Å². The van der Waals surface area contributed by atoms with Gasteiger partial charge in [-0.1, -0.05) is 35.3 Å². The van der Waals surface area contributed by atoms with Gasteiger partial charge in [0.05, 0.1) is 6.04 Å². The second kappa shape index (κ2) is 6.29. The van der Waals surface area contributed by atoms with Gasteiger partial charge in [-0.15, -0.1) is 0 Å². The lowest BCUT2D eigenvalue weighted by molar-refractivity contribution is 0.790. The second-order valence-corrected chi connectivity index (χ2v) is 5.38. The molecule has 0 amide bonds. The standard InChI is InChI=1S/C15H16Cl2N2/c1-10-3-2-4-14(5-10)19-15(9-18)11-6-12(16)8-13(17)7-11/h2-8,15,19H,9,18H2,1H3. The lowest BCUT2D eigenvalue weighted by Crippen LogP contribution is -2.20. The summed E-state index contributed by atoms with van der Waals surface area (Å²) in [5.41, 5.74) is 9.06. The zero-order valence-corrected chi connectivity index (χ0v) is 12.2. The molecule has 0 aromatic heterocycles. The Morgan fingerprint density at radius 1 is 1.11 bits per heavy atom. The van der Waals surface area contributed by atoms with Crippen LogP contribution in [0.4, 0.5) is 5.69 Å². The molecule has 2 nitrogen and oxygen atoms in total. The highest BCUT2D eigenvalue weighted by atomic mass is 35.5. The lowest BCUT2D eigenvalue weighted by Gasteiger charge is -2.19. The highest BCUT2D eigenvalue weighted by Gasteiger charge is 2.11. The summed E-state index contributed by atoms with van der Waals surface area (Å²) in [5.74, 6) is 0. The first-order valence-corrected chi connectivity index (χ1v) is 6.83. The summed E-state index contributed by atoms with van der Waals surface area (Å²) in [7, 11) is 0. The molecule has 0 aliphatic heterocycles. The maximum absolute atomic E-state index is 6.03. The van der Waals surface area contributed by atoms with Crippen LogP contribution in [0.5, 0.6) is 0 Å². The molecule has 0 aliphatic rings. The number of anilines is 1.